The molecule has 0 spiro atoms. The van der Waals surface area contributed by atoms with Crippen molar-refractivity contribution in [2.75, 3.05) is 0 Å². The summed E-state index contributed by atoms with van der Waals surface area (Å²) >= 11 is 0. The number of hydrogen-bond acceptors (Lipinski definition) is 2. The van der Waals surface area contributed by atoms with Gasteiger partial charge in [-0.3, -0.25) is 4.79 Å². The van der Waals surface area contributed by atoms with Gasteiger partial charge in [-0.1, -0.05) is 13.8 Å². The first-order chi connectivity index (χ1) is 9.68. The van der Waals surface area contributed by atoms with Gasteiger partial charge in [-0.2, -0.15) is 0 Å². The van der Waals surface area contributed by atoms with Gasteiger partial charge in [0, 0.05) is 11.8 Å². The van der Waals surface area contributed by atoms with Crippen molar-refractivity contribution in [3.8, 4) is 5.75 Å². The number of carbonyl (C=O) groups is 1. The number of rotatable bonds is 3. The fraction of sp³-hybridized carbons (Fsp3) is 0.611. The van der Waals surface area contributed by atoms with Crippen LogP contribution in [0.3, 0.4) is 0 Å². The van der Waals surface area contributed by atoms with Gasteiger partial charge >= 0.3 is 5.97 Å². The lowest BCUT2D eigenvalue weighted by Crippen LogP contribution is -2.55. The summed E-state index contributed by atoms with van der Waals surface area (Å²) in [4.78, 5) is 11.2. The molecule has 116 valence electrons. The van der Waals surface area contributed by atoms with E-state index in [9.17, 15) is 9.90 Å². The van der Waals surface area contributed by atoms with E-state index in [-0.39, 0.29) is 23.9 Å². The topological polar surface area (TPSA) is 46.5 Å². The average molecular weight is 290 g/mol. The Labute approximate surface area is 127 Å². The quantitative estimate of drug-likeness (QED) is 0.916. The van der Waals surface area contributed by atoms with Gasteiger partial charge in [-0.15, -0.1) is 0 Å². The van der Waals surface area contributed by atoms with E-state index in [1.54, 1.807) is 0 Å². The van der Waals surface area contributed by atoms with E-state index >= 15 is 0 Å². The molecule has 3 nitrogen and oxygen atoms in total. The summed E-state index contributed by atoms with van der Waals surface area (Å²) in [5.74, 6) is 0.0578. The first kappa shape index (κ1) is 15.9. The maximum absolute atomic E-state index is 11.2. The van der Waals surface area contributed by atoms with Crippen LogP contribution in [0.15, 0.2) is 0 Å². The minimum atomic E-state index is -0.709. The smallest absolute Gasteiger partial charge is 0.307 e. The van der Waals surface area contributed by atoms with E-state index in [4.69, 9.17) is 4.74 Å². The molecule has 2 unspecified atom stereocenters. The number of carboxylic acids is 1. The first-order valence-electron chi connectivity index (χ1n) is 7.64. The first-order valence-corrected chi connectivity index (χ1v) is 7.64. The SMILES string of the molecule is Cc1c(C)c(C)c(OC2C(C)C(C(=O)O)C2C)c(C)c1C. The van der Waals surface area contributed by atoms with Gasteiger partial charge in [0.2, 0.25) is 0 Å². The molecule has 0 saturated heterocycles. The van der Waals surface area contributed by atoms with Gasteiger partial charge in [-0.25, -0.2) is 0 Å². The van der Waals surface area contributed by atoms with E-state index in [2.05, 4.69) is 34.6 Å². The van der Waals surface area contributed by atoms with Crippen molar-refractivity contribution in [2.45, 2.75) is 54.6 Å². The van der Waals surface area contributed by atoms with Crippen LogP contribution in [0.25, 0.3) is 0 Å². The lowest BCUT2D eigenvalue weighted by molar-refractivity contribution is -0.162. The van der Waals surface area contributed by atoms with Crippen LogP contribution in [0.2, 0.25) is 0 Å². The van der Waals surface area contributed by atoms with Crippen LogP contribution in [0.1, 0.15) is 41.7 Å². The third-order valence-corrected chi connectivity index (χ3v) is 5.64. The molecule has 1 aliphatic carbocycles. The highest BCUT2D eigenvalue weighted by Crippen LogP contribution is 2.44. The number of hydrogen-bond donors (Lipinski definition) is 1. The van der Waals surface area contributed by atoms with Crippen molar-refractivity contribution in [1.82, 2.24) is 0 Å². The lowest BCUT2D eigenvalue weighted by Gasteiger charge is -2.46. The molecule has 1 aromatic carbocycles. The normalized spacial score (nSPS) is 28.1. The molecule has 0 radical (unpaired) electrons. The predicted molar refractivity (Wildman–Crippen MR) is 84.0 cm³/mol. The molecule has 0 amide bonds. The summed E-state index contributed by atoms with van der Waals surface area (Å²) in [6, 6.07) is 0. The van der Waals surface area contributed by atoms with E-state index < -0.39 is 5.97 Å². The van der Waals surface area contributed by atoms with Crippen LogP contribution in [-0.4, -0.2) is 17.2 Å². The van der Waals surface area contributed by atoms with Gasteiger partial charge in [0.05, 0.1) is 5.92 Å². The van der Waals surface area contributed by atoms with E-state index in [0.717, 1.165) is 5.75 Å². The minimum Gasteiger partial charge on any atom is -0.489 e. The molecule has 1 aliphatic rings. The third kappa shape index (κ3) is 2.33. The van der Waals surface area contributed by atoms with Gasteiger partial charge < -0.3 is 9.84 Å². The summed E-state index contributed by atoms with van der Waals surface area (Å²) < 4.78 is 6.27. The molecule has 1 fully saturated rings. The van der Waals surface area contributed by atoms with E-state index in [1.165, 1.54) is 27.8 Å². The summed E-state index contributed by atoms with van der Waals surface area (Å²) in [7, 11) is 0. The molecular formula is C18H26O3. The molecule has 0 aromatic heterocycles. The zero-order chi connectivity index (χ0) is 16.1. The van der Waals surface area contributed by atoms with Gasteiger partial charge in [0.15, 0.2) is 0 Å². The van der Waals surface area contributed by atoms with Crippen molar-refractivity contribution in [3.63, 3.8) is 0 Å². The standard InChI is InChI=1S/C18H26O3/c1-8-9(2)11(4)16(12(5)10(8)3)21-17-13(6)15(14(17)7)18(19)20/h13-15,17H,1-7H3,(H,19,20). The molecular weight excluding hydrogens is 264 g/mol. The highest BCUT2D eigenvalue weighted by Gasteiger charge is 2.51. The van der Waals surface area contributed by atoms with Crippen molar-refractivity contribution < 1.29 is 14.6 Å². The van der Waals surface area contributed by atoms with Crippen molar-refractivity contribution in [2.24, 2.45) is 17.8 Å². The van der Waals surface area contributed by atoms with Gasteiger partial charge in [0.25, 0.3) is 0 Å². The van der Waals surface area contributed by atoms with Crippen LogP contribution >= 0.6 is 0 Å². The molecule has 21 heavy (non-hydrogen) atoms. The second-order valence-corrected chi connectivity index (χ2v) is 6.62. The molecule has 2 atom stereocenters. The van der Waals surface area contributed by atoms with Crippen LogP contribution < -0.4 is 4.74 Å². The summed E-state index contributed by atoms with van der Waals surface area (Å²) in [5, 5.41) is 9.24. The second kappa shape index (κ2) is 5.36. The van der Waals surface area contributed by atoms with Crippen LogP contribution in [-0.2, 0) is 4.79 Å². The van der Waals surface area contributed by atoms with Crippen molar-refractivity contribution in [3.05, 3.63) is 27.8 Å². The largest absolute Gasteiger partial charge is 0.489 e. The molecule has 3 heteroatoms. The van der Waals surface area contributed by atoms with Crippen LogP contribution in [0.4, 0.5) is 0 Å². The monoisotopic (exact) mass is 290 g/mol. The van der Waals surface area contributed by atoms with Crippen molar-refractivity contribution >= 4 is 5.97 Å². The molecule has 0 bridgehead atoms. The molecule has 1 aromatic rings. The minimum absolute atomic E-state index is 0.00925. The number of benzene rings is 1. The van der Waals surface area contributed by atoms with Crippen molar-refractivity contribution in [1.29, 1.82) is 0 Å². The highest BCUT2D eigenvalue weighted by molar-refractivity contribution is 5.72. The predicted octanol–water partition coefficient (Wildman–Crippen LogP) is 3.96. The Hall–Kier alpha value is -1.51. The Kier molecular flexibility index (Phi) is 4.05. The maximum Gasteiger partial charge on any atom is 0.307 e. The van der Waals surface area contributed by atoms with E-state index in [1.807, 2.05) is 13.8 Å². The molecule has 0 aliphatic heterocycles. The fourth-order valence-electron chi connectivity index (χ4n) is 3.66. The Morgan fingerprint density at radius 1 is 0.857 bits per heavy atom. The Bertz CT molecular complexity index is 550. The number of ether oxygens (including phenoxy) is 1. The van der Waals surface area contributed by atoms with Crippen LogP contribution in [0.5, 0.6) is 5.75 Å². The molecule has 2 rings (SSSR count). The molecule has 1 N–H and O–H groups in total. The molecule has 1 saturated carbocycles. The zero-order valence-electron chi connectivity index (χ0n) is 14.1. The number of carboxylic acid groups (broad SMARTS) is 1. The highest BCUT2D eigenvalue weighted by atomic mass is 16.5. The zero-order valence-corrected chi connectivity index (χ0v) is 14.1. The Morgan fingerprint density at radius 3 is 1.62 bits per heavy atom. The van der Waals surface area contributed by atoms with Crippen LogP contribution in [0, 0.1) is 52.4 Å². The second-order valence-electron chi connectivity index (χ2n) is 6.62. The summed E-state index contributed by atoms with van der Waals surface area (Å²) in [6.07, 6.45) is -0.00925. The molecule has 0 heterocycles. The fourth-order valence-corrected chi connectivity index (χ4v) is 3.66. The summed E-state index contributed by atoms with van der Waals surface area (Å²) in [6.45, 7) is 14.5. The average Bonchev–Trinajstić information content (AvgIpc) is 2.42. The number of aliphatic carboxylic acids is 1. The summed E-state index contributed by atoms with van der Waals surface area (Å²) in [5.41, 5.74) is 6.20. The third-order valence-electron chi connectivity index (χ3n) is 5.64. The Morgan fingerprint density at radius 2 is 1.24 bits per heavy atom. The lowest BCUT2D eigenvalue weighted by atomic mass is 9.64. The Balaban J connectivity index is 2.32. The maximum atomic E-state index is 11.2. The van der Waals surface area contributed by atoms with Gasteiger partial charge in [-0.05, 0) is 62.4 Å². The van der Waals surface area contributed by atoms with E-state index in [0.29, 0.717) is 0 Å². The van der Waals surface area contributed by atoms with Gasteiger partial charge in [0.1, 0.15) is 11.9 Å².